The summed E-state index contributed by atoms with van der Waals surface area (Å²) in [6.07, 6.45) is 5.89. The van der Waals surface area contributed by atoms with Crippen molar-refractivity contribution in [2.45, 2.75) is 44.2 Å². The van der Waals surface area contributed by atoms with E-state index >= 15 is 0 Å². The van der Waals surface area contributed by atoms with Crippen molar-refractivity contribution in [2.75, 3.05) is 39.8 Å². The Hall–Kier alpha value is -1.39. The average Bonchev–Trinajstić information content (AvgIpc) is 3.47. The molecule has 0 spiro atoms. The molecule has 3 aliphatic rings. The smallest absolute Gasteiger partial charge is 0.227 e. The van der Waals surface area contributed by atoms with E-state index < -0.39 is 0 Å². The first kappa shape index (κ1) is 17.0. The van der Waals surface area contributed by atoms with E-state index in [2.05, 4.69) is 52.1 Å². The van der Waals surface area contributed by atoms with E-state index in [1.165, 1.54) is 18.4 Å². The Kier molecular flexibility index (Phi) is 5.09. The van der Waals surface area contributed by atoms with E-state index in [1.807, 2.05) is 0 Å². The van der Waals surface area contributed by atoms with Gasteiger partial charge >= 0.3 is 0 Å². The molecule has 0 bridgehead atoms. The summed E-state index contributed by atoms with van der Waals surface area (Å²) in [4.78, 5) is 20.5. The fourth-order valence-corrected chi connectivity index (χ4v) is 4.60. The van der Waals surface area contributed by atoms with Gasteiger partial charge in [0.15, 0.2) is 0 Å². The largest absolute Gasteiger partial charge is 0.337 e. The second kappa shape index (κ2) is 7.46. The first-order valence-corrected chi connectivity index (χ1v) is 9.97. The van der Waals surface area contributed by atoms with Crippen LogP contribution < -0.4 is 0 Å². The third-order valence-electron chi connectivity index (χ3n) is 6.15. The number of benzene rings is 1. The van der Waals surface area contributed by atoms with Crippen LogP contribution in [-0.2, 0) is 11.2 Å². The maximum Gasteiger partial charge on any atom is 0.227 e. The molecule has 2 heterocycles. The monoisotopic (exact) mass is 341 g/mol. The summed E-state index contributed by atoms with van der Waals surface area (Å²) in [7, 11) is 2.14. The van der Waals surface area contributed by atoms with Crippen LogP contribution in [0, 0.1) is 5.92 Å². The highest BCUT2D eigenvalue weighted by atomic mass is 16.2. The highest BCUT2D eigenvalue weighted by Gasteiger charge is 2.39. The highest BCUT2D eigenvalue weighted by Crippen LogP contribution is 2.30. The molecule has 3 fully saturated rings. The molecule has 1 amide bonds. The molecule has 4 heteroatoms. The van der Waals surface area contributed by atoms with Gasteiger partial charge in [0, 0.05) is 38.3 Å². The molecule has 2 saturated heterocycles. The minimum absolute atomic E-state index is 0.199. The summed E-state index contributed by atoms with van der Waals surface area (Å²) in [6, 6.07) is 11.8. The molecular weight excluding hydrogens is 310 g/mol. The summed E-state index contributed by atoms with van der Waals surface area (Å²) in [5.74, 6) is 0.604. The van der Waals surface area contributed by atoms with Crippen LogP contribution in [0.5, 0.6) is 0 Å². The number of carbonyl (C=O) groups excluding carboxylic acids is 1. The van der Waals surface area contributed by atoms with Crippen molar-refractivity contribution < 1.29 is 4.79 Å². The number of likely N-dealkylation sites (tertiary alicyclic amines) is 1. The van der Waals surface area contributed by atoms with Crippen LogP contribution in [0.25, 0.3) is 0 Å². The number of amides is 1. The molecule has 1 aromatic carbocycles. The van der Waals surface area contributed by atoms with E-state index in [0.29, 0.717) is 11.9 Å². The lowest BCUT2D eigenvalue weighted by Crippen LogP contribution is -2.58. The number of rotatable bonds is 4. The maximum atomic E-state index is 13.3. The normalized spacial score (nSPS) is 28.9. The van der Waals surface area contributed by atoms with Crippen LogP contribution in [0.1, 0.15) is 31.2 Å². The van der Waals surface area contributed by atoms with Crippen molar-refractivity contribution in [2.24, 2.45) is 5.92 Å². The summed E-state index contributed by atoms with van der Waals surface area (Å²) < 4.78 is 0. The van der Waals surface area contributed by atoms with Crippen molar-refractivity contribution in [3.8, 4) is 0 Å². The molecule has 1 aromatic rings. The Morgan fingerprint density at radius 3 is 2.56 bits per heavy atom. The van der Waals surface area contributed by atoms with Crippen LogP contribution in [-0.4, -0.2) is 72.5 Å². The number of piperidine rings is 1. The first-order chi connectivity index (χ1) is 12.2. The fourth-order valence-electron chi connectivity index (χ4n) is 4.60. The lowest BCUT2D eigenvalue weighted by Gasteiger charge is -2.44. The molecule has 0 radical (unpaired) electrons. The molecule has 1 saturated carbocycles. The SMILES string of the molecule is CN1CCC[C@H](C(=O)N2CCN(C3CC3)C[C@H]2Cc2ccccc2)C1. The van der Waals surface area contributed by atoms with Crippen LogP contribution in [0.4, 0.5) is 0 Å². The van der Waals surface area contributed by atoms with E-state index in [9.17, 15) is 4.79 Å². The van der Waals surface area contributed by atoms with Crippen molar-refractivity contribution >= 4 is 5.91 Å². The zero-order chi connectivity index (χ0) is 17.2. The summed E-state index contributed by atoms with van der Waals surface area (Å²) in [5, 5.41) is 0. The fraction of sp³-hybridized carbons (Fsp3) is 0.667. The van der Waals surface area contributed by atoms with Gasteiger partial charge in [-0.15, -0.1) is 0 Å². The number of carbonyl (C=O) groups is 1. The first-order valence-electron chi connectivity index (χ1n) is 9.97. The Labute approximate surface area is 151 Å². The number of nitrogens with zero attached hydrogens (tertiary/aromatic N) is 3. The highest BCUT2D eigenvalue weighted by molar-refractivity contribution is 5.79. The Morgan fingerprint density at radius 2 is 1.84 bits per heavy atom. The molecule has 4 rings (SSSR count). The van der Waals surface area contributed by atoms with Crippen molar-refractivity contribution in [3.05, 3.63) is 35.9 Å². The number of piperazine rings is 1. The third-order valence-corrected chi connectivity index (χ3v) is 6.15. The van der Waals surface area contributed by atoms with Gasteiger partial charge in [0.05, 0.1) is 5.92 Å². The van der Waals surface area contributed by atoms with E-state index in [-0.39, 0.29) is 5.92 Å². The van der Waals surface area contributed by atoms with Crippen LogP contribution >= 0.6 is 0 Å². The van der Waals surface area contributed by atoms with Gasteiger partial charge in [-0.05, 0) is 51.3 Å². The average molecular weight is 341 g/mol. The topological polar surface area (TPSA) is 26.8 Å². The molecule has 0 N–H and O–H groups in total. The quantitative estimate of drug-likeness (QED) is 0.840. The molecule has 25 heavy (non-hydrogen) atoms. The van der Waals surface area contributed by atoms with Gasteiger partial charge in [-0.2, -0.15) is 0 Å². The third kappa shape index (κ3) is 4.06. The zero-order valence-corrected chi connectivity index (χ0v) is 15.4. The predicted molar refractivity (Wildman–Crippen MR) is 100 cm³/mol. The van der Waals surface area contributed by atoms with E-state index in [4.69, 9.17) is 0 Å². The predicted octanol–water partition coefficient (Wildman–Crippen LogP) is 2.25. The van der Waals surface area contributed by atoms with Gasteiger partial charge in [-0.1, -0.05) is 30.3 Å². The Bertz CT molecular complexity index is 586. The molecule has 2 atom stereocenters. The zero-order valence-electron chi connectivity index (χ0n) is 15.4. The molecule has 4 nitrogen and oxygen atoms in total. The van der Waals surface area contributed by atoms with Crippen LogP contribution in [0.3, 0.4) is 0 Å². The standard InChI is InChI=1S/C21H31N3O/c1-22-11-5-8-18(15-22)21(25)24-13-12-23(19-9-10-19)16-20(24)14-17-6-3-2-4-7-17/h2-4,6-7,18-20H,5,8-16H2,1H3/t18-,20+/m0/s1. The minimum atomic E-state index is 0.199. The van der Waals surface area contributed by atoms with Gasteiger partial charge in [-0.3, -0.25) is 9.69 Å². The molecule has 2 aliphatic heterocycles. The van der Waals surface area contributed by atoms with Gasteiger partial charge in [-0.25, -0.2) is 0 Å². The number of hydrogen-bond acceptors (Lipinski definition) is 3. The van der Waals surface area contributed by atoms with Gasteiger partial charge in [0.2, 0.25) is 5.91 Å². The second-order valence-electron chi connectivity index (χ2n) is 8.20. The lowest BCUT2D eigenvalue weighted by molar-refractivity contribution is -0.142. The van der Waals surface area contributed by atoms with Crippen molar-refractivity contribution in [3.63, 3.8) is 0 Å². The molecule has 1 aliphatic carbocycles. The Morgan fingerprint density at radius 1 is 1.04 bits per heavy atom. The minimum Gasteiger partial charge on any atom is -0.337 e. The summed E-state index contributed by atoms with van der Waals surface area (Å²) in [5.41, 5.74) is 1.35. The van der Waals surface area contributed by atoms with Crippen LogP contribution in [0.15, 0.2) is 30.3 Å². The number of hydrogen-bond donors (Lipinski definition) is 0. The summed E-state index contributed by atoms with van der Waals surface area (Å²) in [6.45, 7) is 5.08. The maximum absolute atomic E-state index is 13.3. The Balaban J connectivity index is 1.48. The van der Waals surface area contributed by atoms with Gasteiger partial charge in [0.1, 0.15) is 0 Å². The molecular formula is C21H31N3O. The van der Waals surface area contributed by atoms with Crippen LogP contribution in [0.2, 0.25) is 0 Å². The molecule has 0 aromatic heterocycles. The second-order valence-corrected chi connectivity index (χ2v) is 8.20. The van der Waals surface area contributed by atoms with Gasteiger partial charge in [0.25, 0.3) is 0 Å². The molecule has 136 valence electrons. The van der Waals surface area contributed by atoms with Crippen molar-refractivity contribution in [1.29, 1.82) is 0 Å². The lowest BCUT2D eigenvalue weighted by atomic mass is 9.94. The molecule has 0 unspecified atom stereocenters. The van der Waals surface area contributed by atoms with E-state index in [1.54, 1.807) is 0 Å². The summed E-state index contributed by atoms with van der Waals surface area (Å²) >= 11 is 0. The van der Waals surface area contributed by atoms with Gasteiger partial charge < -0.3 is 9.80 Å². The van der Waals surface area contributed by atoms with E-state index in [0.717, 1.165) is 58.0 Å². The van der Waals surface area contributed by atoms with Crippen molar-refractivity contribution in [1.82, 2.24) is 14.7 Å².